The second-order valence-electron chi connectivity index (χ2n) is 6.06. The van der Waals surface area contributed by atoms with Gasteiger partial charge in [-0.1, -0.05) is 29.5 Å². The molecular weight excluding hydrogens is 337 g/mol. The van der Waals surface area contributed by atoms with Crippen molar-refractivity contribution in [2.45, 2.75) is 37.3 Å². The monoisotopic (exact) mass is 359 g/mol. The number of carbonyl (C=O) groups is 1. The van der Waals surface area contributed by atoms with E-state index in [-0.39, 0.29) is 11.7 Å². The van der Waals surface area contributed by atoms with Crippen molar-refractivity contribution in [1.82, 2.24) is 14.9 Å². The van der Waals surface area contributed by atoms with E-state index >= 15 is 0 Å². The molecule has 0 unspecified atom stereocenters. The van der Waals surface area contributed by atoms with Gasteiger partial charge in [-0.2, -0.15) is 0 Å². The third-order valence-corrected chi connectivity index (χ3v) is 5.15. The van der Waals surface area contributed by atoms with Crippen molar-refractivity contribution in [3.05, 3.63) is 54.1 Å². The van der Waals surface area contributed by atoms with E-state index in [1.165, 1.54) is 48.7 Å². The third kappa shape index (κ3) is 5.19. The molecule has 1 N–H and O–H groups in total. The first-order valence-electron chi connectivity index (χ1n) is 8.59. The number of benzene rings is 1. The number of carbonyl (C=O) groups excluding carboxylic acids is 1. The molecule has 0 saturated carbocycles. The highest BCUT2D eigenvalue weighted by atomic mass is 32.2. The molecule has 1 aliphatic rings. The highest BCUT2D eigenvalue weighted by Gasteiger charge is 2.10. The van der Waals surface area contributed by atoms with Crippen LogP contribution in [0.25, 0.3) is 5.69 Å². The summed E-state index contributed by atoms with van der Waals surface area (Å²) in [5.41, 5.74) is 2.16. The summed E-state index contributed by atoms with van der Waals surface area (Å²) in [5, 5.41) is 3.64. The number of nitrogens with one attached hydrogen (secondary N) is 1. The van der Waals surface area contributed by atoms with E-state index in [1.807, 2.05) is 6.07 Å². The lowest BCUT2D eigenvalue weighted by Gasteiger charge is -2.13. The first-order chi connectivity index (χ1) is 12.2. The normalized spacial score (nSPS) is 14.2. The Hall–Kier alpha value is -2.08. The summed E-state index contributed by atoms with van der Waals surface area (Å²) in [7, 11) is 0. The van der Waals surface area contributed by atoms with Crippen LogP contribution in [0.1, 0.15) is 32.1 Å². The predicted octanol–water partition coefficient (Wildman–Crippen LogP) is 4.11. The summed E-state index contributed by atoms with van der Waals surface area (Å²) >= 11 is 1.35. The summed E-state index contributed by atoms with van der Waals surface area (Å²) in [4.78, 5) is 16.3. The molecule has 132 valence electrons. The minimum absolute atomic E-state index is 0.00444. The van der Waals surface area contributed by atoms with Crippen molar-refractivity contribution in [3.63, 3.8) is 0 Å². The van der Waals surface area contributed by atoms with Crippen molar-refractivity contribution < 1.29 is 9.18 Å². The number of imidazole rings is 1. The number of allylic oxidation sites excluding steroid dienone is 1. The van der Waals surface area contributed by atoms with Crippen molar-refractivity contribution in [2.75, 3.05) is 12.3 Å². The highest BCUT2D eigenvalue weighted by molar-refractivity contribution is 7.99. The summed E-state index contributed by atoms with van der Waals surface area (Å²) < 4.78 is 15.2. The van der Waals surface area contributed by atoms with Gasteiger partial charge < -0.3 is 5.32 Å². The number of hydrogen-bond acceptors (Lipinski definition) is 3. The summed E-state index contributed by atoms with van der Waals surface area (Å²) in [6.45, 7) is 0.684. The average Bonchev–Trinajstić information content (AvgIpc) is 3.09. The standard InChI is InChI=1S/C19H22FN3OS/c20-16-7-4-8-17(13-16)23-12-11-22-19(23)25-14-18(24)21-10-9-15-5-2-1-3-6-15/h4-5,7-8,11-13H,1-3,6,9-10,14H2,(H,21,24). The second kappa shape index (κ2) is 8.85. The van der Waals surface area contributed by atoms with E-state index in [2.05, 4.69) is 16.4 Å². The van der Waals surface area contributed by atoms with Gasteiger partial charge in [-0.25, -0.2) is 9.37 Å². The van der Waals surface area contributed by atoms with Gasteiger partial charge >= 0.3 is 0 Å². The fourth-order valence-corrected chi connectivity index (χ4v) is 3.70. The molecule has 1 aromatic heterocycles. The molecule has 25 heavy (non-hydrogen) atoms. The van der Waals surface area contributed by atoms with Gasteiger partial charge in [0.15, 0.2) is 5.16 Å². The van der Waals surface area contributed by atoms with Crippen molar-refractivity contribution >= 4 is 17.7 Å². The van der Waals surface area contributed by atoms with E-state index in [4.69, 9.17) is 0 Å². The smallest absolute Gasteiger partial charge is 0.230 e. The second-order valence-corrected chi connectivity index (χ2v) is 7.00. The van der Waals surface area contributed by atoms with Gasteiger partial charge in [0.1, 0.15) is 5.82 Å². The number of thioether (sulfide) groups is 1. The number of rotatable bonds is 7. The van der Waals surface area contributed by atoms with Crippen LogP contribution < -0.4 is 5.32 Å². The predicted molar refractivity (Wildman–Crippen MR) is 98.4 cm³/mol. The van der Waals surface area contributed by atoms with Crippen LogP contribution in [0.2, 0.25) is 0 Å². The zero-order chi connectivity index (χ0) is 17.5. The number of hydrogen-bond donors (Lipinski definition) is 1. The topological polar surface area (TPSA) is 46.9 Å². The molecule has 2 aromatic rings. The quantitative estimate of drug-likeness (QED) is 0.598. The van der Waals surface area contributed by atoms with E-state index in [1.54, 1.807) is 23.0 Å². The Morgan fingerprint density at radius 2 is 2.28 bits per heavy atom. The Labute approximate surface area is 151 Å². The van der Waals surface area contributed by atoms with Gasteiger partial charge in [0.2, 0.25) is 5.91 Å². The van der Waals surface area contributed by atoms with E-state index in [9.17, 15) is 9.18 Å². The summed E-state index contributed by atoms with van der Waals surface area (Å²) in [5.74, 6) is -0.00197. The van der Waals surface area contributed by atoms with Crippen LogP contribution >= 0.6 is 11.8 Å². The average molecular weight is 359 g/mol. The number of amides is 1. The lowest BCUT2D eigenvalue weighted by molar-refractivity contribution is -0.118. The number of halogens is 1. The molecule has 4 nitrogen and oxygen atoms in total. The largest absolute Gasteiger partial charge is 0.355 e. The Bertz CT molecular complexity index is 757. The van der Waals surface area contributed by atoms with Crippen LogP contribution in [-0.4, -0.2) is 27.8 Å². The molecule has 0 saturated heterocycles. The molecule has 1 amide bonds. The maximum absolute atomic E-state index is 13.4. The Kier molecular flexibility index (Phi) is 6.28. The molecule has 0 radical (unpaired) electrons. The number of nitrogens with zero attached hydrogens (tertiary/aromatic N) is 2. The minimum Gasteiger partial charge on any atom is -0.355 e. The van der Waals surface area contributed by atoms with Crippen LogP contribution in [0.3, 0.4) is 0 Å². The number of aromatic nitrogens is 2. The molecule has 0 bridgehead atoms. The molecular formula is C19H22FN3OS. The van der Waals surface area contributed by atoms with E-state index in [0.717, 1.165) is 12.8 Å². The van der Waals surface area contributed by atoms with Gasteiger partial charge in [-0.15, -0.1) is 0 Å². The summed E-state index contributed by atoms with van der Waals surface area (Å²) in [6, 6.07) is 6.32. The molecule has 6 heteroatoms. The van der Waals surface area contributed by atoms with E-state index < -0.39 is 0 Å². The molecule has 0 atom stereocenters. The van der Waals surface area contributed by atoms with E-state index in [0.29, 0.717) is 23.1 Å². The first-order valence-corrected chi connectivity index (χ1v) is 9.57. The Balaban J connectivity index is 1.48. The Morgan fingerprint density at radius 1 is 1.36 bits per heavy atom. The Morgan fingerprint density at radius 3 is 3.08 bits per heavy atom. The molecule has 0 aliphatic heterocycles. The van der Waals surface area contributed by atoms with Crippen LogP contribution in [0, 0.1) is 5.82 Å². The molecule has 3 rings (SSSR count). The lowest BCUT2D eigenvalue weighted by Crippen LogP contribution is -2.26. The summed E-state index contributed by atoms with van der Waals surface area (Å²) in [6.07, 6.45) is 11.5. The van der Waals surface area contributed by atoms with Crippen molar-refractivity contribution in [2.24, 2.45) is 0 Å². The van der Waals surface area contributed by atoms with Gasteiger partial charge in [0, 0.05) is 18.9 Å². The molecule has 1 heterocycles. The van der Waals surface area contributed by atoms with Crippen LogP contribution in [0.5, 0.6) is 0 Å². The van der Waals surface area contributed by atoms with Crippen molar-refractivity contribution in [1.29, 1.82) is 0 Å². The van der Waals surface area contributed by atoms with Gasteiger partial charge in [0.05, 0.1) is 11.4 Å². The van der Waals surface area contributed by atoms with Gasteiger partial charge in [0.25, 0.3) is 0 Å². The zero-order valence-electron chi connectivity index (χ0n) is 14.1. The first kappa shape index (κ1) is 17.7. The maximum Gasteiger partial charge on any atom is 0.230 e. The fourth-order valence-electron chi connectivity index (χ4n) is 2.89. The van der Waals surface area contributed by atoms with Crippen LogP contribution in [0.15, 0.2) is 53.5 Å². The SMILES string of the molecule is O=C(CSc1nccn1-c1cccc(F)c1)NCCC1=CCCCC1. The van der Waals surface area contributed by atoms with Gasteiger partial charge in [-0.05, 0) is 50.3 Å². The van der Waals surface area contributed by atoms with Crippen LogP contribution in [0.4, 0.5) is 4.39 Å². The van der Waals surface area contributed by atoms with Crippen LogP contribution in [-0.2, 0) is 4.79 Å². The van der Waals surface area contributed by atoms with Gasteiger partial charge in [-0.3, -0.25) is 9.36 Å². The maximum atomic E-state index is 13.4. The third-order valence-electron chi connectivity index (χ3n) is 4.18. The molecule has 1 aliphatic carbocycles. The minimum atomic E-state index is -0.295. The lowest BCUT2D eigenvalue weighted by atomic mass is 9.97. The molecule has 0 fully saturated rings. The molecule has 1 aromatic carbocycles. The fraction of sp³-hybridized carbons (Fsp3) is 0.368. The van der Waals surface area contributed by atoms with Crippen molar-refractivity contribution in [3.8, 4) is 5.69 Å². The molecule has 0 spiro atoms. The zero-order valence-corrected chi connectivity index (χ0v) is 14.9. The highest BCUT2D eigenvalue weighted by Crippen LogP contribution is 2.21.